The molecule has 144 valence electrons. The highest BCUT2D eigenvalue weighted by Crippen LogP contribution is 2.17. The van der Waals surface area contributed by atoms with Gasteiger partial charge in [-0.05, 0) is 48.9 Å². The van der Waals surface area contributed by atoms with Crippen LogP contribution in [0.4, 0.5) is 5.69 Å². The summed E-state index contributed by atoms with van der Waals surface area (Å²) in [5.41, 5.74) is 3.59. The quantitative estimate of drug-likeness (QED) is 0.817. The summed E-state index contributed by atoms with van der Waals surface area (Å²) >= 11 is 0. The summed E-state index contributed by atoms with van der Waals surface area (Å²) in [6.07, 6.45) is 0.994. The van der Waals surface area contributed by atoms with Crippen molar-refractivity contribution in [1.29, 1.82) is 0 Å². The van der Waals surface area contributed by atoms with Gasteiger partial charge in [0.25, 0.3) is 5.91 Å². The van der Waals surface area contributed by atoms with Crippen molar-refractivity contribution in [3.8, 4) is 5.75 Å². The van der Waals surface area contributed by atoms with Gasteiger partial charge in [0.2, 0.25) is 0 Å². The van der Waals surface area contributed by atoms with E-state index in [1.807, 2.05) is 24.3 Å². The van der Waals surface area contributed by atoms with Crippen LogP contribution in [-0.2, 0) is 17.8 Å². The number of ether oxygens (including phenoxy) is 1. The molecule has 0 unspecified atom stereocenters. The van der Waals surface area contributed by atoms with Gasteiger partial charge < -0.3 is 19.9 Å². The van der Waals surface area contributed by atoms with E-state index in [0.717, 1.165) is 43.9 Å². The summed E-state index contributed by atoms with van der Waals surface area (Å²) in [7, 11) is 2.16. The number of carbonyl (C=O) groups excluding carboxylic acids is 1. The van der Waals surface area contributed by atoms with Gasteiger partial charge in [0.05, 0.1) is 0 Å². The van der Waals surface area contributed by atoms with Crippen LogP contribution in [0.15, 0.2) is 48.5 Å². The first-order chi connectivity index (χ1) is 13.1. The molecule has 2 aromatic rings. The predicted octanol–water partition coefficient (Wildman–Crippen LogP) is 2.70. The van der Waals surface area contributed by atoms with Crippen molar-refractivity contribution in [2.45, 2.75) is 19.9 Å². The number of piperazine rings is 1. The standard InChI is InChI=1S/C22H29N3O2/c1-3-18-6-10-21(11-7-18)27-17-22(26)23-16-19-4-8-20(9-5-19)25-14-12-24(2)13-15-25/h4-11H,3,12-17H2,1-2H3,(H,23,26). The second-order valence-corrected chi connectivity index (χ2v) is 7.02. The maximum Gasteiger partial charge on any atom is 0.258 e. The van der Waals surface area contributed by atoms with Crippen LogP contribution in [-0.4, -0.2) is 50.6 Å². The SMILES string of the molecule is CCc1ccc(OCC(=O)NCc2ccc(N3CCN(C)CC3)cc2)cc1. The Morgan fingerprint density at radius 3 is 2.22 bits per heavy atom. The summed E-state index contributed by atoms with van der Waals surface area (Å²) in [5.74, 6) is 0.608. The van der Waals surface area contributed by atoms with Crippen LogP contribution in [0.1, 0.15) is 18.1 Å². The minimum Gasteiger partial charge on any atom is -0.484 e. The molecule has 5 heteroatoms. The second-order valence-electron chi connectivity index (χ2n) is 7.02. The van der Waals surface area contributed by atoms with E-state index in [0.29, 0.717) is 6.54 Å². The third kappa shape index (κ3) is 5.73. The summed E-state index contributed by atoms with van der Waals surface area (Å²) in [4.78, 5) is 16.8. The number of anilines is 1. The molecule has 1 fully saturated rings. The minimum absolute atomic E-state index is 0.0326. The third-order valence-electron chi connectivity index (χ3n) is 5.00. The molecule has 1 heterocycles. The fourth-order valence-electron chi connectivity index (χ4n) is 3.11. The molecule has 3 rings (SSSR count). The molecule has 2 aromatic carbocycles. The number of hydrogen-bond acceptors (Lipinski definition) is 4. The molecule has 0 aliphatic carbocycles. The molecule has 0 radical (unpaired) electrons. The van der Waals surface area contributed by atoms with Crippen molar-refractivity contribution >= 4 is 11.6 Å². The first-order valence-electron chi connectivity index (χ1n) is 9.65. The Bertz CT molecular complexity index is 720. The van der Waals surface area contributed by atoms with Gasteiger partial charge in [-0.3, -0.25) is 4.79 Å². The van der Waals surface area contributed by atoms with Gasteiger partial charge in [-0.2, -0.15) is 0 Å². The first kappa shape index (κ1) is 19.2. The van der Waals surface area contributed by atoms with Gasteiger partial charge in [0.1, 0.15) is 5.75 Å². The lowest BCUT2D eigenvalue weighted by atomic mass is 10.1. The van der Waals surface area contributed by atoms with Crippen LogP contribution in [0.25, 0.3) is 0 Å². The molecule has 0 aromatic heterocycles. The Kier molecular flexibility index (Phi) is 6.71. The number of nitrogens with zero attached hydrogens (tertiary/aromatic N) is 2. The van der Waals surface area contributed by atoms with Gasteiger partial charge in [0.15, 0.2) is 6.61 Å². The van der Waals surface area contributed by atoms with Crippen molar-refractivity contribution in [2.75, 3.05) is 44.7 Å². The van der Waals surface area contributed by atoms with E-state index in [4.69, 9.17) is 4.74 Å². The fourth-order valence-corrected chi connectivity index (χ4v) is 3.11. The predicted molar refractivity (Wildman–Crippen MR) is 109 cm³/mol. The summed E-state index contributed by atoms with van der Waals surface area (Å²) in [6.45, 7) is 6.97. The molecule has 1 saturated heterocycles. The largest absolute Gasteiger partial charge is 0.484 e. The maximum atomic E-state index is 12.0. The van der Waals surface area contributed by atoms with Crippen LogP contribution < -0.4 is 15.0 Å². The number of likely N-dealkylation sites (N-methyl/N-ethyl adjacent to an activating group) is 1. The topological polar surface area (TPSA) is 44.8 Å². The zero-order valence-electron chi connectivity index (χ0n) is 16.3. The Morgan fingerprint density at radius 2 is 1.59 bits per heavy atom. The van der Waals surface area contributed by atoms with Gasteiger partial charge in [-0.15, -0.1) is 0 Å². The fraction of sp³-hybridized carbons (Fsp3) is 0.409. The maximum absolute atomic E-state index is 12.0. The second kappa shape index (κ2) is 9.42. The highest BCUT2D eigenvalue weighted by molar-refractivity contribution is 5.77. The minimum atomic E-state index is -0.113. The molecule has 27 heavy (non-hydrogen) atoms. The van der Waals surface area contributed by atoms with E-state index < -0.39 is 0 Å². The van der Waals surface area contributed by atoms with Crippen molar-refractivity contribution < 1.29 is 9.53 Å². The molecular weight excluding hydrogens is 338 g/mol. The number of aryl methyl sites for hydroxylation is 1. The van der Waals surface area contributed by atoms with E-state index in [2.05, 4.69) is 53.4 Å². The first-order valence-corrected chi connectivity index (χ1v) is 9.65. The molecule has 0 bridgehead atoms. The highest BCUT2D eigenvalue weighted by Gasteiger charge is 2.14. The number of hydrogen-bond donors (Lipinski definition) is 1. The highest BCUT2D eigenvalue weighted by atomic mass is 16.5. The lowest BCUT2D eigenvalue weighted by molar-refractivity contribution is -0.123. The Balaban J connectivity index is 1.41. The Labute approximate surface area is 161 Å². The van der Waals surface area contributed by atoms with E-state index in [-0.39, 0.29) is 12.5 Å². The Morgan fingerprint density at radius 1 is 0.963 bits per heavy atom. The van der Waals surface area contributed by atoms with Crippen molar-refractivity contribution in [1.82, 2.24) is 10.2 Å². The van der Waals surface area contributed by atoms with E-state index in [1.165, 1.54) is 11.3 Å². The molecule has 0 saturated carbocycles. The molecular formula is C22H29N3O2. The van der Waals surface area contributed by atoms with E-state index in [9.17, 15) is 4.79 Å². The molecule has 1 aliphatic rings. The number of amides is 1. The lowest BCUT2D eigenvalue weighted by Gasteiger charge is -2.34. The zero-order valence-corrected chi connectivity index (χ0v) is 16.3. The summed E-state index contributed by atoms with van der Waals surface area (Å²) in [5, 5.41) is 2.91. The average Bonchev–Trinajstić information content (AvgIpc) is 2.72. The van der Waals surface area contributed by atoms with E-state index >= 15 is 0 Å². The van der Waals surface area contributed by atoms with Gasteiger partial charge in [-0.25, -0.2) is 0 Å². The summed E-state index contributed by atoms with van der Waals surface area (Å²) < 4.78 is 5.54. The van der Waals surface area contributed by atoms with Crippen LogP contribution >= 0.6 is 0 Å². The van der Waals surface area contributed by atoms with Gasteiger partial charge in [0, 0.05) is 38.4 Å². The van der Waals surface area contributed by atoms with Crippen molar-refractivity contribution in [2.24, 2.45) is 0 Å². The average molecular weight is 367 g/mol. The molecule has 0 atom stereocenters. The smallest absolute Gasteiger partial charge is 0.258 e. The van der Waals surface area contributed by atoms with Gasteiger partial charge in [-0.1, -0.05) is 31.2 Å². The van der Waals surface area contributed by atoms with Crippen LogP contribution in [0.5, 0.6) is 5.75 Å². The Hall–Kier alpha value is -2.53. The molecule has 1 N–H and O–H groups in total. The van der Waals surface area contributed by atoms with Crippen LogP contribution in [0.3, 0.4) is 0 Å². The molecule has 1 aliphatic heterocycles. The van der Waals surface area contributed by atoms with Crippen molar-refractivity contribution in [3.63, 3.8) is 0 Å². The van der Waals surface area contributed by atoms with Gasteiger partial charge >= 0.3 is 0 Å². The summed E-state index contributed by atoms with van der Waals surface area (Å²) in [6, 6.07) is 16.3. The molecule has 1 amide bonds. The monoisotopic (exact) mass is 367 g/mol. The number of rotatable bonds is 7. The van der Waals surface area contributed by atoms with Crippen molar-refractivity contribution in [3.05, 3.63) is 59.7 Å². The zero-order chi connectivity index (χ0) is 19.1. The number of benzene rings is 2. The third-order valence-corrected chi connectivity index (χ3v) is 5.00. The number of nitrogens with one attached hydrogen (secondary N) is 1. The number of carbonyl (C=O) groups is 1. The van der Waals surface area contributed by atoms with Crippen LogP contribution in [0.2, 0.25) is 0 Å². The normalized spacial score (nSPS) is 14.8. The molecule has 5 nitrogen and oxygen atoms in total. The van der Waals surface area contributed by atoms with Crippen LogP contribution in [0, 0.1) is 0 Å². The van der Waals surface area contributed by atoms with E-state index in [1.54, 1.807) is 0 Å². The molecule has 0 spiro atoms. The lowest BCUT2D eigenvalue weighted by Crippen LogP contribution is -2.44.